The number of amides is 1. The highest BCUT2D eigenvalue weighted by Crippen LogP contribution is 2.18. The van der Waals surface area contributed by atoms with Crippen molar-refractivity contribution in [1.29, 1.82) is 0 Å². The maximum Gasteiger partial charge on any atom is 0.247 e. The monoisotopic (exact) mass is 239 g/mol. The summed E-state index contributed by atoms with van der Waals surface area (Å²) in [6.45, 7) is 18.3. The number of hydrogen-bond donors (Lipinski definition) is 1. The SMILES string of the molecule is C=CCNC(=O)C(=C)[C@@H](C)CCC(C)C.CC. The molecule has 0 aromatic rings. The quantitative estimate of drug-likeness (QED) is 0.529. The fraction of sp³-hybridized carbons (Fsp3) is 0.667. The van der Waals surface area contributed by atoms with E-state index in [1.54, 1.807) is 6.08 Å². The Morgan fingerprint density at radius 2 is 1.76 bits per heavy atom. The number of rotatable bonds is 7. The van der Waals surface area contributed by atoms with Crippen LogP contribution in [0.1, 0.15) is 47.5 Å². The molecule has 0 radical (unpaired) electrons. The summed E-state index contributed by atoms with van der Waals surface area (Å²) < 4.78 is 0. The summed E-state index contributed by atoms with van der Waals surface area (Å²) in [7, 11) is 0. The van der Waals surface area contributed by atoms with Gasteiger partial charge in [-0.25, -0.2) is 0 Å². The fourth-order valence-corrected chi connectivity index (χ4v) is 1.26. The van der Waals surface area contributed by atoms with Gasteiger partial charge in [0, 0.05) is 12.1 Å². The van der Waals surface area contributed by atoms with Gasteiger partial charge >= 0.3 is 0 Å². The first-order valence-corrected chi connectivity index (χ1v) is 6.56. The molecule has 0 unspecified atom stereocenters. The molecular weight excluding hydrogens is 210 g/mol. The Morgan fingerprint density at radius 1 is 1.24 bits per heavy atom. The molecule has 2 nitrogen and oxygen atoms in total. The van der Waals surface area contributed by atoms with Crippen molar-refractivity contribution in [3.05, 3.63) is 24.8 Å². The van der Waals surface area contributed by atoms with Gasteiger partial charge in [0.15, 0.2) is 0 Å². The molecule has 1 amide bonds. The van der Waals surface area contributed by atoms with Gasteiger partial charge in [0.1, 0.15) is 0 Å². The van der Waals surface area contributed by atoms with Crippen LogP contribution in [0.15, 0.2) is 24.8 Å². The molecule has 0 saturated carbocycles. The Labute approximate surface area is 107 Å². The molecule has 0 aliphatic carbocycles. The number of carbonyl (C=O) groups is 1. The molecule has 0 rings (SSSR count). The third kappa shape index (κ3) is 9.86. The smallest absolute Gasteiger partial charge is 0.247 e. The van der Waals surface area contributed by atoms with E-state index in [4.69, 9.17) is 0 Å². The molecule has 2 heteroatoms. The van der Waals surface area contributed by atoms with Crippen LogP contribution in [0.4, 0.5) is 0 Å². The van der Waals surface area contributed by atoms with Crippen molar-refractivity contribution < 1.29 is 4.79 Å². The molecule has 0 heterocycles. The molecule has 0 spiro atoms. The molecular formula is C15H29NO. The molecule has 0 fully saturated rings. The molecule has 0 bridgehead atoms. The van der Waals surface area contributed by atoms with Gasteiger partial charge in [0.05, 0.1) is 0 Å². The zero-order valence-corrected chi connectivity index (χ0v) is 12.2. The Balaban J connectivity index is 0. The van der Waals surface area contributed by atoms with E-state index in [-0.39, 0.29) is 11.8 Å². The minimum Gasteiger partial charge on any atom is -0.349 e. The first kappa shape index (κ1) is 18.3. The van der Waals surface area contributed by atoms with E-state index in [0.29, 0.717) is 18.0 Å². The van der Waals surface area contributed by atoms with Gasteiger partial charge in [-0.05, 0) is 18.3 Å². The van der Waals surface area contributed by atoms with Crippen molar-refractivity contribution >= 4 is 5.91 Å². The van der Waals surface area contributed by atoms with E-state index in [1.807, 2.05) is 13.8 Å². The van der Waals surface area contributed by atoms with Crippen LogP contribution >= 0.6 is 0 Å². The van der Waals surface area contributed by atoms with E-state index < -0.39 is 0 Å². The first-order valence-electron chi connectivity index (χ1n) is 6.56. The van der Waals surface area contributed by atoms with Crippen LogP contribution < -0.4 is 5.32 Å². The lowest BCUT2D eigenvalue weighted by Crippen LogP contribution is -2.27. The van der Waals surface area contributed by atoms with Crippen molar-refractivity contribution in [3.8, 4) is 0 Å². The Hall–Kier alpha value is -1.05. The molecule has 0 aliphatic heterocycles. The summed E-state index contributed by atoms with van der Waals surface area (Å²) >= 11 is 0. The Kier molecular flexibility index (Phi) is 12.3. The third-order valence-electron chi connectivity index (χ3n) is 2.47. The zero-order valence-electron chi connectivity index (χ0n) is 12.2. The first-order chi connectivity index (χ1) is 7.99. The second kappa shape index (κ2) is 11.4. The van der Waals surface area contributed by atoms with E-state index in [0.717, 1.165) is 12.8 Å². The highest BCUT2D eigenvalue weighted by atomic mass is 16.1. The third-order valence-corrected chi connectivity index (χ3v) is 2.47. The lowest BCUT2D eigenvalue weighted by Gasteiger charge is -2.15. The maximum absolute atomic E-state index is 11.5. The highest BCUT2D eigenvalue weighted by Gasteiger charge is 2.13. The lowest BCUT2D eigenvalue weighted by atomic mass is 9.93. The van der Waals surface area contributed by atoms with Crippen LogP contribution in [-0.4, -0.2) is 12.5 Å². The minimum atomic E-state index is -0.0499. The lowest BCUT2D eigenvalue weighted by molar-refractivity contribution is -0.117. The van der Waals surface area contributed by atoms with Crippen molar-refractivity contribution in [1.82, 2.24) is 5.32 Å². The molecule has 0 saturated heterocycles. The molecule has 1 atom stereocenters. The van der Waals surface area contributed by atoms with Crippen LogP contribution in [0.25, 0.3) is 0 Å². The Morgan fingerprint density at radius 3 is 2.18 bits per heavy atom. The topological polar surface area (TPSA) is 29.1 Å². The van der Waals surface area contributed by atoms with E-state index in [2.05, 4.69) is 39.2 Å². The van der Waals surface area contributed by atoms with Gasteiger partial charge in [0.25, 0.3) is 0 Å². The average Bonchev–Trinajstić information content (AvgIpc) is 2.34. The van der Waals surface area contributed by atoms with Gasteiger partial charge in [0.2, 0.25) is 5.91 Å². The second-order valence-electron chi connectivity index (χ2n) is 4.40. The normalized spacial score (nSPS) is 11.2. The molecule has 1 N–H and O–H groups in total. The predicted molar refractivity (Wildman–Crippen MR) is 76.9 cm³/mol. The Bertz CT molecular complexity index is 231. The van der Waals surface area contributed by atoms with Gasteiger partial charge in [-0.1, -0.05) is 53.7 Å². The van der Waals surface area contributed by atoms with Crippen LogP contribution in [0.5, 0.6) is 0 Å². The average molecular weight is 239 g/mol. The number of nitrogens with one attached hydrogen (secondary N) is 1. The van der Waals surface area contributed by atoms with Crippen LogP contribution in [0.3, 0.4) is 0 Å². The molecule has 0 aromatic heterocycles. The molecule has 100 valence electrons. The largest absolute Gasteiger partial charge is 0.349 e. The number of carbonyl (C=O) groups excluding carboxylic acids is 1. The summed E-state index contributed by atoms with van der Waals surface area (Å²) in [6, 6.07) is 0. The van der Waals surface area contributed by atoms with Crippen LogP contribution in [-0.2, 0) is 4.79 Å². The summed E-state index contributed by atoms with van der Waals surface area (Å²) in [5.41, 5.74) is 0.678. The summed E-state index contributed by atoms with van der Waals surface area (Å²) in [5, 5.41) is 2.74. The van der Waals surface area contributed by atoms with Gasteiger partial charge in [-0.3, -0.25) is 4.79 Å². The zero-order chi connectivity index (χ0) is 13.8. The van der Waals surface area contributed by atoms with E-state index >= 15 is 0 Å². The second-order valence-corrected chi connectivity index (χ2v) is 4.40. The minimum absolute atomic E-state index is 0.0499. The van der Waals surface area contributed by atoms with E-state index in [9.17, 15) is 4.79 Å². The maximum atomic E-state index is 11.5. The van der Waals surface area contributed by atoms with Crippen LogP contribution in [0, 0.1) is 11.8 Å². The standard InChI is InChI=1S/C13H23NO.C2H6/c1-6-9-14-13(15)12(5)11(4)8-7-10(2)3;1-2/h6,10-11H,1,5,7-9H2,2-4H3,(H,14,15);1-2H3/t11-;/m0./s1. The summed E-state index contributed by atoms with van der Waals surface area (Å²) in [4.78, 5) is 11.5. The molecule has 17 heavy (non-hydrogen) atoms. The van der Waals surface area contributed by atoms with Crippen molar-refractivity contribution in [2.75, 3.05) is 6.54 Å². The highest BCUT2D eigenvalue weighted by molar-refractivity contribution is 5.93. The van der Waals surface area contributed by atoms with E-state index in [1.165, 1.54) is 0 Å². The molecule has 0 aliphatic rings. The molecule has 0 aromatic carbocycles. The van der Waals surface area contributed by atoms with Gasteiger partial charge in [-0.2, -0.15) is 0 Å². The van der Waals surface area contributed by atoms with Crippen molar-refractivity contribution in [2.45, 2.75) is 47.5 Å². The van der Waals surface area contributed by atoms with Crippen molar-refractivity contribution in [3.63, 3.8) is 0 Å². The summed E-state index contributed by atoms with van der Waals surface area (Å²) in [6.07, 6.45) is 3.83. The fourth-order valence-electron chi connectivity index (χ4n) is 1.26. The predicted octanol–water partition coefficient (Wildman–Crippen LogP) is 3.94. The van der Waals surface area contributed by atoms with Gasteiger partial charge in [-0.15, -0.1) is 6.58 Å². The van der Waals surface area contributed by atoms with Gasteiger partial charge < -0.3 is 5.32 Å². The van der Waals surface area contributed by atoms with Crippen LogP contribution in [0.2, 0.25) is 0 Å². The number of hydrogen-bond acceptors (Lipinski definition) is 1. The summed E-state index contributed by atoms with van der Waals surface area (Å²) in [5.74, 6) is 0.889. The van der Waals surface area contributed by atoms with Crippen molar-refractivity contribution in [2.24, 2.45) is 11.8 Å².